The number of unbranched alkanes of at least 4 members (excludes halogenated alkanes) is 1. The van der Waals surface area contributed by atoms with Gasteiger partial charge in [0.15, 0.2) is 12.6 Å². The van der Waals surface area contributed by atoms with E-state index in [4.69, 9.17) is 23.7 Å². The van der Waals surface area contributed by atoms with Crippen LogP contribution >= 0.6 is 0 Å². The molecule has 4 fully saturated rings. The van der Waals surface area contributed by atoms with Crippen LogP contribution in [0, 0.1) is 23.7 Å². The molecule has 240 valence electrons. The highest BCUT2D eigenvalue weighted by Gasteiger charge is 2.42. The minimum Gasteiger partial charge on any atom is -0.469 e. The van der Waals surface area contributed by atoms with Gasteiger partial charge in [-0.15, -0.1) is 0 Å². The molecule has 2 saturated carbocycles. The molecule has 7 nitrogen and oxygen atoms in total. The van der Waals surface area contributed by atoms with Gasteiger partial charge in [0.1, 0.15) is 0 Å². The fraction of sp³-hybridized carbons (Fsp3) is 0.857. The maximum atomic E-state index is 11.4. The lowest BCUT2D eigenvalue weighted by atomic mass is 9.81. The summed E-state index contributed by atoms with van der Waals surface area (Å²) < 4.78 is 29.9. The van der Waals surface area contributed by atoms with E-state index in [1.165, 1.54) is 45.6 Å². The lowest BCUT2D eigenvalue weighted by Crippen LogP contribution is -2.33. The summed E-state index contributed by atoms with van der Waals surface area (Å²) in [6, 6.07) is 0. The van der Waals surface area contributed by atoms with Crippen molar-refractivity contribution in [1.29, 1.82) is 0 Å². The van der Waals surface area contributed by atoms with Crippen molar-refractivity contribution in [3.05, 3.63) is 24.3 Å². The summed E-state index contributed by atoms with van der Waals surface area (Å²) >= 11 is 0. The van der Waals surface area contributed by atoms with Crippen LogP contribution in [0.4, 0.5) is 0 Å². The van der Waals surface area contributed by atoms with Gasteiger partial charge in [-0.25, -0.2) is 0 Å². The van der Waals surface area contributed by atoms with Crippen molar-refractivity contribution >= 4 is 5.97 Å². The molecule has 0 radical (unpaired) electrons. The molecule has 0 spiro atoms. The Morgan fingerprint density at radius 1 is 0.952 bits per heavy atom. The summed E-state index contributed by atoms with van der Waals surface area (Å²) in [5.41, 5.74) is 0. The number of ether oxygens (including phenoxy) is 5. The molecule has 0 bridgehead atoms. The Balaban J connectivity index is 1.45. The molecule has 1 N–H and O–H groups in total. The second-order valence-electron chi connectivity index (χ2n) is 13.2. The van der Waals surface area contributed by atoms with E-state index in [1.807, 2.05) is 0 Å². The Kier molecular flexibility index (Phi) is 14.8. The Morgan fingerprint density at radius 2 is 1.67 bits per heavy atom. The van der Waals surface area contributed by atoms with Crippen LogP contribution in [-0.4, -0.2) is 62.3 Å². The van der Waals surface area contributed by atoms with Crippen LogP contribution in [-0.2, 0) is 28.5 Å². The monoisotopic (exact) mass is 590 g/mol. The summed E-state index contributed by atoms with van der Waals surface area (Å²) in [7, 11) is 1.43. The van der Waals surface area contributed by atoms with Gasteiger partial charge < -0.3 is 28.8 Å². The average Bonchev–Trinajstić information content (AvgIpc) is 3.31. The van der Waals surface area contributed by atoms with Crippen molar-refractivity contribution in [3.8, 4) is 0 Å². The first-order valence-corrected chi connectivity index (χ1v) is 17.2. The first-order valence-electron chi connectivity index (χ1n) is 17.2. The predicted octanol–water partition coefficient (Wildman–Crippen LogP) is 7.26. The lowest BCUT2D eigenvalue weighted by molar-refractivity contribution is -0.193. The average molecular weight is 591 g/mol. The normalized spacial score (nSPS) is 32.8. The number of hydrogen-bond acceptors (Lipinski definition) is 7. The summed E-state index contributed by atoms with van der Waals surface area (Å²) in [4.78, 5) is 11.4. The van der Waals surface area contributed by atoms with E-state index in [9.17, 15) is 9.90 Å². The quantitative estimate of drug-likeness (QED) is 0.122. The molecule has 2 aliphatic carbocycles. The van der Waals surface area contributed by atoms with Crippen molar-refractivity contribution < 1.29 is 33.6 Å². The summed E-state index contributed by atoms with van der Waals surface area (Å²) in [5, 5.41) is 11.2. The second-order valence-corrected chi connectivity index (χ2v) is 13.2. The number of hydrogen-bond donors (Lipinski definition) is 1. The molecule has 4 aliphatic rings. The zero-order chi connectivity index (χ0) is 29.6. The van der Waals surface area contributed by atoms with Gasteiger partial charge >= 0.3 is 5.97 Å². The molecule has 42 heavy (non-hydrogen) atoms. The van der Waals surface area contributed by atoms with Gasteiger partial charge in [0.05, 0.1) is 25.4 Å². The number of carbonyl (C=O) groups excluding carboxylic acids is 1. The van der Waals surface area contributed by atoms with E-state index >= 15 is 0 Å². The number of allylic oxidation sites excluding steroid dienone is 2. The number of methoxy groups -OCH3 is 1. The van der Waals surface area contributed by atoms with Crippen LogP contribution in [0.1, 0.15) is 116 Å². The molecule has 8 atom stereocenters. The van der Waals surface area contributed by atoms with E-state index < -0.39 is 6.10 Å². The van der Waals surface area contributed by atoms with Crippen LogP contribution in [0.25, 0.3) is 0 Å². The highest BCUT2D eigenvalue weighted by atomic mass is 16.7. The first-order chi connectivity index (χ1) is 20.5. The minimum absolute atomic E-state index is 0.0196. The van der Waals surface area contributed by atoms with E-state index in [2.05, 4.69) is 31.2 Å². The SMILES string of the molecule is COC(=O)CCC/C=C\C[C@@H]1[C@@H](/C=C/[C@@H](OC2CCCCO2)C(C)CC2CCCCC2)[C@H](OC2CCCCO2)C[C@@H]1O. The molecule has 0 aromatic rings. The van der Waals surface area contributed by atoms with E-state index in [0.717, 1.165) is 76.9 Å². The molecular formula is C35H58O7. The zero-order valence-electron chi connectivity index (χ0n) is 26.3. The maximum Gasteiger partial charge on any atom is 0.305 e. The molecule has 2 aliphatic heterocycles. The number of aliphatic hydroxyl groups excluding tert-OH is 1. The number of esters is 1. The largest absolute Gasteiger partial charge is 0.469 e. The smallest absolute Gasteiger partial charge is 0.305 e. The molecular weight excluding hydrogens is 532 g/mol. The Hall–Kier alpha value is -1.25. The molecule has 3 unspecified atom stereocenters. The van der Waals surface area contributed by atoms with Gasteiger partial charge in [0, 0.05) is 32.0 Å². The molecule has 4 rings (SSSR count). The van der Waals surface area contributed by atoms with Gasteiger partial charge in [0.25, 0.3) is 0 Å². The van der Waals surface area contributed by atoms with Crippen molar-refractivity contribution in [3.63, 3.8) is 0 Å². The van der Waals surface area contributed by atoms with Gasteiger partial charge in [-0.3, -0.25) is 4.79 Å². The van der Waals surface area contributed by atoms with Crippen LogP contribution in [0.3, 0.4) is 0 Å². The van der Waals surface area contributed by atoms with Gasteiger partial charge in [-0.2, -0.15) is 0 Å². The predicted molar refractivity (Wildman–Crippen MR) is 164 cm³/mol. The molecule has 0 aromatic heterocycles. The molecule has 0 amide bonds. The fourth-order valence-corrected chi connectivity index (χ4v) is 7.36. The van der Waals surface area contributed by atoms with Gasteiger partial charge in [-0.1, -0.05) is 63.3 Å². The van der Waals surface area contributed by atoms with E-state index in [-0.39, 0.29) is 42.6 Å². The lowest BCUT2D eigenvalue weighted by Gasteiger charge is -2.33. The Bertz CT molecular complexity index is 810. The van der Waals surface area contributed by atoms with Crippen LogP contribution < -0.4 is 0 Å². The standard InChI is InChI=1S/C35H58O7/c1-26(24-27-14-6-5-7-15-27)31(41-34-18-10-12-22-39-34)21-20-29-28(16-8-3-4-9-17-33(37)38-2)30(36)25-32(29)42-35-19-11-13-23-40-35/h3,8,20-21,26-32,34-36H,4-7,9-19,22-25H2,1-2H3/b8-3-,21-20+/t26?,28-,29-,30+,31-,32-,34?,35?/m1/s1. The Morgan fingerprint density at radius 3 is 2.36 bits per heavy atom. The maximum absolute atomic E-state index is 11.4. The summed E-state index contributed by atoms with van der Waals surface area (Å²) in [5.74, 6) is 1.15. The van der Waals surface area contributed by atoms with Crippen molar-refractivity contribution in [2.45, 2.75) is 147 Å². The fourth-order valence-electron chi connectivity index (χ4n) is 7.36. The topological polar surface area (TPSA) is 83.5 Å². The van der Waals surface area contributed by atoms with Crippen LogP contribution in [0.2, 0.25) is 0 Å². The minimum atomic E-state index is -0.436. The van der Waals surface area contributed by atoms with Crippen LogP contribution in [0.15, 0.2) is 24.3 Å². The molecule has 2 saturated heterocycles. The first kappa shape index (κ1) is 33.6. The van der Waals surface area contributed by atoms with Crippen molar-refractivity contribution in [2.24, 2.45) is 23.7 Å². The molecule has 7 heteroatoms. The third-order valence-electron chi connectivity index (χ3n) is 9.87. The highest BCUT2D eigenvalue weighted by Crippen LogP contribution is 2.40. The molecule has 2 heterocycles. The Labute approximate surface area is 254 Å². The van der Waals surface area contributed by atoms with Crippen molar-refractivity contribution in [2.75, 3.05) is 20.3 Å². The third kappa shape index (κ3) is 11.0. The summed E-state index contributed by atoms with van der Waals surface area (Å²) in [6.45, 7) is 3.86. The third-order valence-corrected chi connectivity index (χ3v) is 9.87. The number of rotatable bonds is 15. The number of carbonyl (C=O) groups is 1. The second kappa shape index (κ2) is 18.5. The highest BCUT2D eigenvalue weighted by molar-refractivity contribution is 5.69. The van der Waals surface area contributed by atoms with E-state index in [0.29, 0.717) is 18.8 Å². The van der Waals surface area contributed by atoms with Gasteiger partial charge in [-0.05, 0) is 82.0 Å². The number of aliphatic hydroxyl groups is 1. The van der Waals surface area contributed by atoms with Crippen LogP contribution in [0.5, 0.6) is 0 Å². The van der Waals surface area contributed by atoms with Crippen molar-refractivity contribution in [1.82, 2.24) is 0 Å². The molecule has 0 aromatic carbocycles. The summed E-state index contributed by atoms with van der Waals surface area (Å²) in [6.07, 6.45) is 25.7. The van der Waals surface area contributed by atoms with Gasteiger partial charge in [0.2, 0.25) is 0 Å². The zero-order valence-corrected chi connectivity index (χ0v) is 26.3. The van der Waals surface area contributed by atoms with E-state index in [1.54, 1.807) is 0 Å².